The van der Waals surface area contributed by atoms with Gasteiger partial charge in [0, 0.05) is 31.0 Å². The van der Waals surface area contributed by atoms with E-state index < -0.39 is 11.7 Å². The Morgan fingerprint density at radius 1 is 1.33 bits per heavy atom. The van der Waals surface area contributed by atoms with E-state index in [0.717, 1.165) is 19.1 Å². The maximum Gasteiger partial charge on any atom is 0.419 e. The average molecular weight is 385 g/mol. The molecule has 0 aromatic heterocycles. The minimum atomic E-state index is -4.43. The second-order valence-electron chi connectivity index (χ2n) is 7.53. The Labute approximate surface area is 157 Å². The van der Waals surface area contributed by atoms with Crippen LogP contribution in [0.1, 0.15) is 25.8 Å². The molecule has 1 aliphatic heterocycles. The summed E-state index contributed by atoms with van der Waals surface area (Å²) in [7, 11) is 1.67. The van der Waals surface area contributed by atoms with Crippen LogP contribution in [0.5, 0.6) is 5.75 Å². The number of rotatable bonds is 5. The Morgan fingerprint density at radius 2 is 2.07 bits per heavy atom. The fourth-order valence-electron chi connectivity index (χ4n) is 4.12. The lowest BCUT2D eigenvalue weighted by atomic mass is 9.57. The van der Waals surface area contributed by atoms with Crippen molar-refractivity contribution in [1.29, 1.82) is 0 Å². The quantitative estimate of drug-likeness (QED) is 0.465. The Hall–Kier alpha value is -1.96. The van der Waals surface area contributed by atoms with Gasteiger partial charge < -0.3 is 20.1 Å². The molecule has 3 atom stereocenters. The number of benzene rings is 1. The van der Waals surface area contributed by atoms with Crippen LogP contribution in [-0.4, -0.2) is 44.9 Å². The summed E-state index contributed by atoms with van der Waals surface area (Å²) in [6.07, 6.45) is -3.13. The van der Waals surface area contributed by atoms with Crippen LogP contribution in [0, 0.1) is 11.3 Å². The summed E-state index contributed by atoms with van der Waals surface area (Å²) < 4.78 is 50.0. The normalized spacial score (nSPS) is 26.9. The lowest BCUT2D eigenvalue weighted by molar-refractivity contribution is -0.138. The SMILES string of the molecule is CN=C(NCCOc1ccccc1C(F)(F)F)NC1C2CCOC2C1(C)C. The molecule has 2 N–H and O–H groups in total. The van der Waals surface area contributed by atoms with Crippen LogP contribution in [0.3, 0.4) is 0 Å². The highest BCUT2D eigenvalue weighted by molar-refractivity contribution is 5.80. The molecule has 8 heteroatoms. The van der Waals surface area contributed by atoms with E-state index in [9.17, 15) is 13.2 Å². The second kappa shape index (κ2) is 7.58. The van der Waals surface area contributed by atoms with Crippen molar-refractivity contribution in [1.82, 2.24) is 10.6 Å². The van der Waals surface area contributed by atoms with Gasteiger partial charge in [-0.05, 0) is 18.6 Å². The number of hydrogen-bond donors (Lipinski definition) is 2. The van der Waals surface area contributed by atoms with Gasteiger partial charge in [-0.25, -0.2) is 0 Å². The summed E-state index contributed by atoms with van der Waals surface area (Å²) in [5, 5.41) is 6.53. The van der Waals surface area contributed by atoms with Crippen LogP contribution < -0.4 is 15.4 Å². The number of nitrogens with zero attached hydrogens (tertiary/aromatic N) is 1. The molecule has 1 saturated heterocycles. The van der Waals surface area contributed by atoms with Crippen molar-refractivity contribution < 1.29 is 22.6 Å². The van der Waals surface area contributed by atoms with E-state index in [1.165, 1.54) is 18.2 Å². The molecular weight excluding hydrogens is 359 g/mol. The van der Waals surface area contributed by atoms with Crippen molar-refractivity contribution in [3.63, 3.8) is 0 Å². The summed E-state index contributed by atoms with van der Waals surface area (Å²) in [6, 6.07) is 5.47. The van der Waals surface area contributed by atoms with Crippen molar-refractivity contribution in [2.75, 3.05) is 26.8 Å². The topological polar surface area (TPSA) is 54.9 Å². The van der Waals surface area contributed by atoms with E-state index in [-0.39, 0.29) is 29.9 Å². The van der Waals surface area contributed by atoms with Gasteiger partial charge in [0.15, 0.2) is 5.96 Å². The van der Waals surface area contributed by atoms with Gasteiger partial charge in [-0.15, -0.1) is 0 Å². The molecule has 2 fully saturated rings. The first-order chi connectivity index (χ1) is 12.7. The number of alkyl halides is 3. The van der Waals surface area contributed by atoms with E-state index in [2.05, 4.69) is 29.5 Å². The summed E-state index contributed by atoms with van der Waals surface area (Å²) in [6.45, 7) is 5.55. The zero-order chi connectivity index (χ0) is 19.7. The molecule has 0 bridgehead atoms. The van der Waals surface area contributed by atoms with E-state index in [1.54, 1.807) is 7.05 Å². The van der Waals surface area contributed by atoms with Crippen molar-refractivity contribution in [2.45, 2.75) is 38.6 Å². The molecule has 1 heterocycles. The van der Waals surface area contributed by atoms with E-state index in [1.807, 2.05) is 0 Å². The Morgan fingerprint density at radius 3 is 2.78 bits per heavy atom. The number of ether oxygens (including phenoxy) is 2. The molecule has 1 saturated carbocycles. The first-order valence-electron chi connectivity index (χ1n) is 9.13. The van der Waals surface area contributed by atoms with Gasteiger partial charge in [0.2, 0.25) is 0 Å². The zero-order valence-corrected chi connectivity index (χ0v) is 15.8. The number of para-hydroxylation sites is 1. The van der Waals surface area contributed by atoms with Gasteiger partial charge in [-0.2, -0.15) is 13.2 Å². The molecule has 3 unspecified atom stereocenters. The van der Waals surface area contributed by atoms with Crippen molar-refractivity contribution in [2.24, 2.45) is 16.3 Å². The van der Waals surface area contributed by atoms with Gasteiger partial charge in [0.05, 0.1) is 18.2 Å². The van der Waals surface area contributed by atoms with Gasteiger partial charge >= 0.3 is 6.18 Å². The van der Waals surface area contributed by atoms with Crippen LogP contribution in [-0.2, 0) is 10.9 Å². The zero-order valence-electron chi connectivity index (χ0n) is 15.8. The van der Waals surface area contributed by atoms with Gasteiger partial charge in [0.1, 0.15) is 12.4 Å². The van der Waals surface area contributed by atoms with Crippen LogP contribution in [0.15, 0.2) is 29.3 Å². The molecule has 0 spiro atoms. The van der Waals surface area contributed by atoms with Gasteiger partial charge in [-0.3, -0.25) is 4.99 Å². The number of nitrogens with one attached hydrogen (secondary N) is 2. The molecule has 5 nitrogen and oxygen atoms in total. The van der Waals surface area contributed by atoms with Crippen LogP contribution >= 0.6 is 0 Å². The molecule has 2 aliphatic rings. The molecule has 3 rings (SSSR count). The van der Waals surface area contributed by atoms with Crippen LogP contribution in [0.25, 0.3) is 0 Å². The summed E-state index contributed by atoms with van der Waals surface area (Å²) in [5.74, 6) is 0.917. The molecule has 1 aromatic carbocycles. The fourth-order valence-corrected chi connectivity index (χ4v) is 4.12. The minimum Gasteiger partial charge on any atom is -0.491 e. The molecule has 0 radical (unpaired) electrons. The van der Waals surface area contributed by atoms with E-state index in [0.29, 0.717) is 18.4 Å². The largest absolute Gasteiger partial charge is 0.491 e. The first kappa shape index (κ1) is 19.8. The van der Waals surface area contributed by atoms with Crippen LogP contribution in [0.4, 0.5) is 13.2 Å². The highest BCUT2D eigenvalue weighted by atomic mass is 19.4. The standard InChI is InChI=1S/C19H26F3N3O2/c1-18(2)15(12-8-10-27-16(12)18)25-17(23-3)24-9-11-26-14-7-5-4-6-13(14)19(20,21)22/h4-7,12,15-16H,8-11H2,1-3H3,(H2,23,24,25). The van der Waals surface area contributed by atoms with Gasteiger partial charge in [-0.1, -0.05) is 26.0 Å². The molecule has 150 valence electrons. The Balaban J connectivity index is 1.49. The van der Waals surface area contributed by atoms with Crippen molar-refractivity contribution >= 4 is 5.96 Å². The summed E-state index contributed by atoms with van der Waals surface area (Å²) in [4.78, 5) is 4.21. The number of halogens is 3. The lowest BCUT2D eigenvalue weighted by Crippen LogP contribution is -2.68. The number of aliphatic imine (C=N–C) groups is 1. The fraction of sp³-hybridized carbons (Fsp3) is 0.632. The summed E-state index contributed by atoms with van der Waals surface area (Å²) >= 11 is 0. The molecule has 27 heavy (non-hydrogen) atoms. The smallest absolute Gasteiger partial charge is 0.419 e. The van der Waals surface area contributed by atoms with Crippen LogP contribution in [0.2, 0.25) is 0 Å². The maximum atomic E-state index is 13.0. The maximum absolute atomic E-state index is 13.0. The predicted octanol–water partition coefficient (Wildman–Crippen LogP) is 3.06. The van der Waals surface area contributed by atoms with Gasteiger partial charge in [0.25, 0.3) is 0 Å². The molecule has 1 aliphatic carbocycles. The van der Waals surface area contributed by atoms with Crippen molar-refractivity contribution in [3.05, 3.63) is 29.8 Å². The molecule has 0 amide bonds. The third kappa shape index (κ3) is 4.00. The number of fused-ring (bicyclic) bond motifs is 1. The minimum absolute atomic E-state index is 0.0148. The highest BCUT2D eigenvalue weighted by Crippen LogP contribution is 2.52. The average Bonchev–Trinajstić information content (AvgIpc) is 3.07. The highest BCUT2D eigenvalue weighted by Gasteiger charge is 2.59. The van der Waals surface area contributed by atoms with E-state index >= 15 is 0 Å². The molecule has 1 aromatic rings. The number of hydrogen-bond acceptors (Lipinski definition) is 3. The van der Waals surface area contributed by atoms with Crippen molar-refractivity contribution in [3.8, 4) is 5.75 Å². The third-order valence-electron chi connectivity index (χ3n) is 5.46. The Kier molecular flexibility index (Phi) is 5.55. The third-order valence-corrected chi connectivity index (χ3v) is 5.46. The monoisotopic (exact) mass is 385 g/mol. The first-order valence-corrected chi connectivity index (χ1v) is 9.13. The Bertz CT molecular complexity index is 691. The summed E-state index contributed by atoms with van der Waals surface area (Å²) in [5.41, 5.74) is -0.753. The lowest BCUT2D eigenvalue weighted by Gasteiger charge is -2.54. The molecular formula is C19H26F3N3O2. The van der Waals surface area contributed by atoms with E-state index in [4.69, 9.17) is 9.47 Å². The second-order valence-corrected chi connectivity index (χ2v) is 7.53. The predicted molar refractivity (Wildman–Crippen MR) is 96.9 cm³/mol. The number of guanidine groups is 1.